The minimum Gasteiger partial charge on any atom is -0.497 e. The number of anilines is 1. The van der Waals surface area contributed by atoms with Crippen LogP contribution in [0.1, 0.15) is 26.5 Å². The largest absolute Gasteiger partial charge is 0.497 e. The number of ether oxygens (including phenoxy) is 1. The highest BCUT2D eigenvalue weighted by Gasteiger charge is 2.11. The molecule has 0 aliphatic carbocycles. The molecule has 2 N–H and O–H groups in total. The van der Waals surface area contributed by atoms with Crippen LogP contribution in [0.2, 0.25) is 0 Å². The average Bonchev–Trinajstić information content (AvgIpc) is 3.21. The molecule has 132 valence electrons. The Morgan fingerprint density at radius 2 is 1.85 bits per heavy atom. The molecule has 0 atom stereocenters. The van der Waals surface area contributed by atoms with Crippen LogP contribution in [-0.4, -0.2) is 18.9 Å². The number of methoxy groups -OCH3 is 1. The van der Waals surface area contributed by atoms with Crippen molar-refractivity contribution in [3.8, 4) is 5.75 Å². The van der Waals surface area contributed by atoms with E-state index in [0.717, 1.165) is 11.3 Å². The van der Waals surface area contributed by atoms with Crippen LogP contribution in [0.3, 0.4) is 0 Å². The van der Waals surface area contributed by atoms with E-state index in [0.29, 0.717) is 17.8 Å². The van der Waals surface area contributed by atoms with Crippen molar-refractivity contribution in [1.82, 2.24) is 5.32 Å². The summed E-state index contributed by atoms with van der Waals surface area (Å²) in [7, 11) is 1.60. The second kappa shape index (κ2) is 8.02. The molecule has 6 heteroatoms. The number of hydrogen-bond acceptors (Lipinski definition) is 4. The Kier molecular flexibility index (Phi) is 5.34. The lowest BCUT2D eigenvalue weighted by Crippen LogP contribution is -2.23. The molecule has 0 bridgehead atoms. The molecular formula is C20H18N2O4. The van der Waals surface area contributed by atoms with Crippen LogP contribution in [0.4, 0.5) is 5.69 Å². The Morgan fingerprint density at radius 1 is 1.00 bits per heavy atom. The summed E-state index contributed by atoms with van der Waals surface area (Å²) < 4.78 is 10.2. The van der Waals surface area contributed by atoms with Crippen molar-refractivity contribution < 1.29 is 18.7 Å². The third-order valence-corrected chi connectivity index (χ3v) is 3.71. The van der Waals surface area contributed by atoms with Crippen LogP contribution in [0, 0.1) is 0 Å². The van der Waals surface area contributed by atoms with E-state index in [9.17, 15) is 9.59 Å². The molecule has 2 amide bonds. The molecule has 1 heterocycles. The lowest BCUT2D eigenvalue weighted by atomic mass is 10.1. The van der Waals surface area contributed by atoms with Gasteiger partial charge in [0, 0.05) is 17.8 Å². The summed E-state index contributed by atoms with van der Waals surface area (Å²) in [6.45, 7) is 0.374. The lowest BCUT2D eigenvalue weighted by Gasteiger charge is -2.09. The summed E-state index contributed by atoms with van der Waals surface area (Å²) in [5.41, 5.74) is 1.89. The van der Waals surface area contributed by atoms with Gasteiger partial charge in [-0.05, 0) is 48.0 Å². The molecule has 0 saturated carbocycles. The number of benzene rings is 2. The van der Waals surface area contributed by atoms with Crippen LogP contribution in [-0.2, 0) is 6.54 Å². The lowest BCUT2D eigenvalue weighted by molar-refractivity contribution is 0.0949. The molecule has 3 aromatic rings. The highest BCUT2D eigenvalue weighted by molar-refractivity contribution is 6.03. The third kappa shape index (κ3) is 4.30. The number of rotatable bonds is 6. The average molecular weight is 350 g/mol. The minimum atomic E-state index is -0.371. The number of amides is 2. The molecule has 0 fully saturated rings. The van der Waals surface area contributed by atoms with E-state index in [1.807, 2.05) is 24.3 Å². The van der Waals surface area contributed by atoms with E-state index in [1.165, 1.54) is 6.26 Å². The molecule has 26 heavy (non-hydrogen) atoms. The van der Waals surface area contributed by atoms with Crippen molar-refractivity contribution in [3.63, 3.8) is 0 Å². The zero-order chi connectivity index (χ0) is 18.4. The van der Waals surface area contributed by atoms with Gasteiger partial charge in [0.2, 0.25) is 0 Å². The van der Waals surface area contributed by atoms with Crippen molar-refractivity contribution in [1.29, 1.82) is 0 Å². The van der Waals surface area contributed by atoms with Crippen molar-refractivity contribution in [3.05, 3.63) is 83.8 Å². The zero-order valence-corrected chi connectivity index (χ0v) is 14.2. The summed E-state index contributed by atoms with van der Waals surface area (Å²) in [5.74, 6) is 0.336. The summed E-state index contributed by atoms with van der Waals surface area (Å²) in [6.07, 6.45) is 1.43. The smallest absolute Gasteiger partial charge is 0.291 e. The molecule has 2 aromatic carbocycles. The Hall–Kier alpha value is -3.54. The van der Waals surface area contributed by atoms with Gasteiger partial charge in [-0.25, -0.2) is 0 Å². The quantitative estimate of drug-likeness (QED) is 0.713. The Labute approximate surface area is 150 Å². The Morgan fingerprint density at radius 3 is 2.62 bits per heavy atom. The second-order valence-electron chi connectivity index (χ2n) is 5.55. The maximum atomic E-state index is 12.4. The van der Waals surface area contributed by atoms with Crippen LogP contribution in [0.25, 0.3) is 0 Å². The number of carbonyl (C=O) groups is 2. The summed E-state index contributed by atoms with van der Waals surface area (Å²) >= 11 is 0. The number of nitrogens with one attached hydrogen (secondary N) is 2. The highest BCUT2D eigenvalue weighted by atomic mass is 16.5. The monoisotopic (exact) mass is 350 g/mol. The van der Waals surface area contributed by atoms with Gasteiger partial charge in [-0.3, -0.25) is 9.59 Å². The van der Waals surface area contributed by atoms with Crippen LogP contribution in [0.15, 0.2) is 71.3 Å². The number of furan rings is 1. The fourth-order valence-electron chi connectivity index (χ4n) is 2.41. The van der Waals surface area contributed by atoms with Gasteiger partial charge in [0.1, 0.15) is 5.75 Å². The maximum absolute atomic E-state index is 12.4. The van der Waals surface area contributed by atoms with Crippen LogP contribution in [0.5, 0.6) is 5.75 Å². The maximum Gasteiger partial charge on any atom is 0.291 e. The summed E-state index contributed by atoms with van der Waals surface area (Å²) in [5, 5.41) is 5.55. The molecule has 3 rings (SSSR count). The molecule has 0 spiro atoms. The topological polar surface area (TPSA) is 80.6 Å². The molecular weight excluding hydrogens is 332 g/mol. The van der Waals surface area contributed by atoms with Crippen molar-refractivity contribution in [2.45, 2.75) is 6.54 Å². The minimum absolute atomic E-state index is 0.206. The van der Waals surface area contributed by atoms with Gasteiger partial charge in [0.05, 0.1) is 13.4 Å². The predicted octanol–water partition coefficient (Wildman–Crippen LogP) is 3.47. The number of hydrogen-bond donors (Lipinski definition) is 2. The van der Waals surface area contributed by atoms with Crippen LogP contribution < -0.4 is 15.4 Å². The van der Waals surface area contributed by atoms with Gasteiger partial charge in [0.25, 0.3) is 11.8 Å². The van der Waals surface area contributed by atoms with E-state index in [1.54, 1.807) is 43.5 Å². The van der Waals surface area contributed by atoms with E-state index in [2.05, 4.69) is 10.6 Å². The fraction of sp³-hybridized carbons (Fsp3) is 0.100. The molecule has 0 saturated heterocycles. The first kappa shape index (κ1) is 17.3. The molecule has 1 aromatic heterocycles. The normalized spacial score (nSPS) is 10.2. The van der Waals surface area contributed by atoms with Gasteiger partial charge < -0.3 is 19.8 Å². The first-order valence-corrected chi connectivity index (χ1v) is 8.02. The van der Waals surface area contributed by atoms with Gasteiger partial charge >= 0.3 is 0 Å². The second-order valence-corrected chi connectivity index (χ2v) is 5.55. The van der Waals surface area contributed by atoms with Crippen molar-refractivity contribution in [2.24, 2.45) is 0 Å². The van der Waals surface area contributed by atoms with E-state index >= 15 is 0 Å². The first-order chi connectivity index (χ1) is 12.7. The van der Waals surface area contributed by atoms with Gasteiger partial charge in [-0.15, -0.1) is 0 Å². The van der Waals surface area contributed by atoms with Gasteiger partial charge in [-0.1, -0.05) is 18.2 Å². The van der Waals surface area contributed by atoms with Gasteiger partial charge in [0.15, 0.2) is 5.76 Å². The van der Waals surface area contributed by atoms with E-state index in [-0.39, 0.29) is 17.6 Å². The van der Waals surface area contributed by atoms with Gasteiger partial charge in [-0.2, -0.15) is 0 Å². The molecule has 0 unspecified atom stereocenters. The summed E-state index contributed by atoms with van der Waals surface area (Å²) in [4.78, 5) is 24.4. The predicted molar refractivity (Wildman–Crippen MR) is 97.3 cm³/mol. The number of carbonyl (C=O) groups excluding carboxylic acids is 2. The SMILES string of the molecule is COc1cccc(CNC(=O)c2cccc(NC(=O)c3ccco3)c2)c1. The fourth-order valence-corrected chi connectivity index (χ4v) is 2.41. The molecule has 0 aliphatic heterocycles. The van der Waals surface area contributed by atoms with Crippen LogP contribution >= 0.6 is 0 Å². The molecule has 0 aliphatic rings. The third-order valence-electron chi connectivity index (χ3n) is 3.71. The van der Waals surface area contributed by atoms with E-state index in [4.69, 9.17) is 9.15 Å². The Balaban J connectivity index is 1.63. The Bertz CT molecular complexity index is 904. The standard InChI is InChI=1S/C20H18N2O4/c1-25-17-8-2-5-14(11-17)13-21-19(23)15-6-3-7-16(12-15)22-20(24)18-9-4-10-26-18/h2-12H,13H2,1H3,(H,21,23)(H,22,24). The molecule has 0 radical (unpaired) electrons. The first-order valence-electron chi connectivity index (χ1n) is 8.02. The summed E-state index contributed by atoms with van der Waals surface area (Å²) in [6, 6.07) is 17.4. The van der Waals surface area contributed by atoms with Crippen molar-refractivity contribution >= 4 is 17.5 Å². The van der Waals surface area contributed by atoms with E-state index < -0.39 is 0 Å². The highest BCUT2D eigenvalue weighted by Crippen LogP contribution is 2.14. The zero-order valence-electron chi connectivity index (χ0n) is 14.2. The molecule has 6 nitrogen and oxygen atoms in total. The van der Waals surface area contributed by atoms with Crippen molar-refractivity contribution in [2.75, 3.05) is 12.4 Å².